The number of carbonyl (C=O) groups excluding carboxylic acids is 1. The van der Waals surface area contributed by atoms with Crippen molar-refractivity contribution in [2.75, 3.05) is 10.6 Å². The van der Waals surface area contributed by atoms with Gasteiger partial charge in [0, 0.05) is 23.6 Å². The smallest absolute Gasteiger partial charge is 0.267 e. The van der Waals surface area contributed by atoms with E-state index in [4.69, 9.17) is 5.26 Å². The van der Waals surface area contributed by atoms with Crippen LogP contribution in [0.1, 0.15) is 11.1 Å². The van der Waals surface area contributed by atoms with Gasteiger partial charge in [0.1, 0.15) is 17.4 Å². The third-order valence-electron chi connectivity index (χ3n) is 3.22. The van der Waals surface area contributed by atoms with Crippen LogP contribution in [0.4, 0.5) is 11.4 Å². The third-order valence-corrected chi connectivity index (χ3v) is 3.22. The number of hydrogen-bond donors (Lipinski definition) is 3. The van der Waals surface area contributed by atoms with E-state index in [-0.39, 0.29) is 11.3 Å². The number of aryl methyl sites for hydroxylation is 2. The Kier molecular flexibility index (Phi) is 5.00. The Morgan fingerprint density at radius 2 is 2.00 bits per heavy atom. The van der Waals surface area contributed by atoms with Crippen LogP contribution in [0.15, 0.2) is 54.2 Å². The van der Waals surface area contributed by atoms with Crippen LogP contribution in [0.2, 0.25) is 0 Å². The predicted molar refractivity (Wildman–Crippen MR) is 90.0 cm³/mol. The van der Waals surface area contributed by atoms with E-state index < -0.39 is 5.91 Å². The van der Waals surface area contributed by atoms with E-state index in [1.165, 1.54) is 18.3 Å². The lowest BCUT2D eigenvalue weighted by atomic mass is 10.1. The lowest BCUT2D eigenvalue weighted by molar-refractivity contribution is -0.112. The van der Waals surface area contributed by atoms with E-state index in [2.05, 4.69) is 10.6 Å². The monoisotopic (exact) mass is 307 g/mol. The van der Waals surface area contributed by atoms with Crippen molar-refractivity contribution < 1.29 is 9.90 Å². The maximum Gasteiger partial charge on any atom is 0.267 e. The van der Waals surface area contributed by atoms with Crippen molar-refractivity contribution in [2.24, 2.45) is 0 Å². The minimum atomic E-state index is -0.546. The zero-order valence-corrected chi connectivity index (χ0v) is 12.9. The van der Waals surface area contributed by atoms with Crippen molar-refractivity contribution in [2.45, 2.75) is 13.8 Å². The number of nitrogens with one attached hydrogen (secondary N) is 2. The van der Waals surface area contributed by atoms with Gasteiger partial charge in [-0.15, -0.1) is 0 Å². The van der Waals surface area contributed by atoms with Gasteiger partial charge in [0.15, 0.2) is 0 Å². The van der Waals surface area contributed by atoms with E-state index in [1.54, 1.807) is 12.1 Å². The van der Waals surface area contributed by atoms with Gasteiger partial charge in [0.25, 0.3) is 5.91 Å². The van der Waals surface area contributed by atoms with Gasteiger partial charge >= 0.3 is 0 Å². The number of nitriles is 1. The van der Waals surface area contributed by atoms with Crippen LogP contribution >= 0.6 is 0 Å². The fourth-order valence-corrected chi connectivity index (χ4v) is 2.06. The summed E-state index contributed by atoms with van der Waals surface area (Å²) < 4.78 is 0. The van der Waals surface area contributed by atoms with Crippen LogP contribution < -0.4 is 10.6 Å². The molecule has 116 valence electrons. The Labute approximate surface area is 134 Å². The summed E-state index contributed by atoms with van der Waals surface area (Å²) in [6.07, 6.45) is 1.37. The third kappa shape index (κ3) is 4.35. The van der Waals surface area contributed by atoms with Crippen molar-refractivity contribution in [1.82, 2.24) is 0 Å². The number of phenolic OH excluding ortho intramolecular Hbond substituents is 1. The summed E-state index contributed by atoms with van der Waals surface area (Å²) in [6.45, 7) is 3.94. The Balaban J connectivity index is 2.12. The topological polar surface area (TPSA) is 85.2 Å². The molecule has 0 radical (unpaired) electrons. The average molecular weight is 307 g/mol. The van der Waals surface area contributed by atoms with Crippen LogP contribution in [0, 0.1) is 25.2 Å². The summed E-state index contributed by atoms with van der Waals surface area (Å²) in [5.74, 6) is -0.506. The molecule has 5 heteroatoms. The number of hydrogen-bond acceptors (Lipinski definition) is 4. The van der Waals surface area contributed by atoms with Gasteiger partial charge in [0.05, 0.1) is 0 Å². The second-order valence-electron chi connectivity index (χ2n) is 5.14. The molecule has 5 nitrogen and oxygen atoms in total. The van der Waals surface area contributed by atoms with E-state index >= 15 is 0 Å². The first kappa shape index (κ1) is 16.1. The number of carbonyl (C=O) groups is 1. The van der Waals surface area contributed by atoms with Crippen LogP contribution in [0.3, 0.4) is 0 Å². The van der Waals surface area contributed by atoms with Crippen LogP contribution in [-0.2, 0) is 4.79 Å². The number of anilines is 2. The predicted octanol–water partition coefficient (Wildman–Crippen LogP) is 3.47. The van der Waals surface area contributed by atoms with E-state index in [0.717, 1.165) is 16.8 Å². The maximum absolute atomic E-state index is 12.1. The van der Waals surface area contributed by atoms with Gasteiger partial charge in [0.2, 0.25) is 0 Å². The molecule has 0 unspecified atom stereocenters. The quantitative estimate of drug-likeness (QED) is 0.596. The maximum atomic E-state index is 12.1. The molecule has 0 aliphatic heterocycles. The molecule has 2 aromatic carbocycles. The molecule has 3 N–H and O–H groups in total. The molecule has 0 aromatic heterocycles. The average Bonchev–Trinajstić information content (AvgIpc) is 2.49. The normalized spacial score (nSPS) is 10.7. The molecule has 0 aliphatic carbocycles. The molecule has 0 fully saturated rings. The van der Waals surface area contributed by atoms with E-state index in [1.807, 2.05) is 38.1 Å². The van der Waals surface area contributed by atoms with Gasteiger partial charge in [-0.05, 0) is 37.6 Å². The fourth-order valence-electron chi connectivity index (χ4n) is 2.06. The van der Waals surface area contributed by atoms with Crippen molar-refractivity contribution in [3.05, 3.63) is 65.4 Å². The molecule has 0 saturated heterocycles. The van der Waals surface area contributed by atoms with Gasteiger partial charge in [-0.1, -0.05) is 23.8 Å². The van der Waals surface area contributed by atoms with Gasteiger partial charge in [-0.3, -0.25) is 4.79 Å². The fraction of sp³-hybridized carbons (Fsp3) is 0.111. The SMILES string of the molecule is Cc1ccc(N/C=C(/C#N)C(=O)Nc2cccc(O)c2)c(C)c1. The Hall–Kier alpha value is -3.26. The molecule has 0 saturated carbocycles. The first-order valence-electron chi connectivity index (χ1n) is 7.04. The number of phenols is 1. The molecule has 0 aliphatic rings. The summed E-state index contributed by atoms with van der Waals surface area (Å²) >= 11 is 0. The number of benzene rings is 2. The highest BCUT2D eigenvalue weighted by molar-refractivity contribution is 6.06. The molecule has 2 rings (SSSR count). The van der Waals surface area contributed by atoms with Crippen LogP contribution in [-0.4, -0.2) is 11.0 Å². The number of nitrogens with zero attached hydrogens (tertiary/aromatic N) is 1. The van der Waals surface area contributed by atoms with Gasteiger partial charge < -0.3 is 15.7 Å². The summed E-state index contributed by atoms with van der Waals surface area (Å²) in [6, 6.07) is 13.8. The van der Waals surface area contributed by atoms with E-state index in [0.29, 0.717) is 5.69 Å². The van der Waals surface area contributed by atoms with Gasteiger partial charge in [-0.2, -0.15) is 5.26 Å². The largest absolute Gasteiger partial charge is 0.508 e. The van der Waals surface area contributed by atoms with Crippen molar-refractivity contribution in [3.8, 4) is 11.8 Å². The van der Waals surface area contributed by atoms with Crippen molar-refractivity contribution >= 4 is 17.3 Å². The summed E-state index contributed by atoms with van der Waals surface area (Å²) in [5.41, 5.74) is 3.34. The Morgan fingerprint density at radius 1 is 1.22 bits per heavy atom. The van der Waals surface area contributed by atoms with E-state index in [9.17, 15) is 9.90 Å². The molecular weight excluding hydrogens is 290 g/mol. The van der Waals surface area contributed by atoms with Crippen LogP contribution in [0.5, 0.6) is 5.75 Å². The zero-order valence-electron chi connectivity index (χ0n) is 12.9. The summed E-state index contributed by atoms with van der Waals surface area (Å²) in [4.78, 5) is 12.1. The molecule has 1 amide bonds. The standard InChI is InChI=1S/C18H17N3O2/c1-12-6-7-17(13(2)8-12)20-11-14(10-19)18(23)21-15-4-3-5-16(22)9-15/h3-9,11,20,22H,1-2H3,(H,21,23)/b14-11-. The molecular formula is C18H17N3O2. The minimum absolute atomic E-state index is 0.0405. The lowest BCUT2D eigenvalue weighted by Gasteiger charge is -2.08. The summed E-state index contributed by atoms with van der Waals surface area (Å²) in [7, 11) is 0. The molecule has 0 heterocycles. The highest BCUT2D eigenvalue weighted by Crippen LogP contribution is 2.18. The van der Waals surface area contributed by atoms with Crippen molar-refractivity contribution in [1.29, 1.82) is 5.26 Å². The van der Waals surface area contributed by atoms with Gasteiger partial charge in [-0.25, -0.2) is 0 Å². The molecule has 2 aromatic rings. The molecule has 0 atom stereocenters. The second kappa shape index (κ2) is 7.14. The van der Waals surface area contributed by atoms with Crippen LogP contribution in [0.25, 0.3) is 0 Å². The Morgan fingerprint density at radius 3 is 2.65 bits per heavy atom. The summed E-state index contributed by atoms with van der Waals surface area (Å²) in [5, 5.41) is 24.1. The highest BCUT2D eigenvalue weighted by atomic mass is 16.3. The molecule has 0 bridgehead atoms. The number of aromatic hydroxyl groups is 1. The zero-order chi connectivity index (χ0) is 16.8. The minimum Gasteiger partial charge on any atom is -0.508 e. The highest BCUT2D eigenvalue weighted by Gasteiger charge is 2.09. The first-order valence-corrected chi connectivity index (χ1v) is 7.04. The second-order valence-corrected chi connectivity index (χ2v) is 5.14. The lowest BCUT2D eigenvalue weighted by Crippen LogP contribution is -2.14. The number of amides is 1. The molecule has 23 heavy (non-hydrogen) atoms. The molecule has 0 spiro atoms. The number of rotatable bonds is 4. The first-order chi connectivity index (χ1) is 11.0. The van der Waals surface area contributed by atoms with Crippen molar-refractivity contribution in [3.63, 3.8) is 0 Å². The Bertz CT molecular complexity index is 804.